The summed E-state index contributed by atoms with van der Waals surface area (Å²) in [6, 6.07) is 33.4. The molecular formula is C30H28O3. The van der Waals surface area contributed by atoms with Gasteiger partial charge in [-0.05, 0) is 60.4 Å². The predicted octanol–water partition coefficient (Wildman–Crippen LogP) is 6.62. The molecule has 0 unspecified atom stereocenters. The molecule has 0 aromatic heterocycles. The van der Waals surface area contributed by atoms with Crippen LogP contribution in [0.5, 0.6) is 11.5 Å². The van der Waals surface area contributed by atoms with Gasteiger partial charge in [0.15, 0.2) is 0 Å². The number of hydrogen-bond acceptors (Lipinski definition) is 3. The Morgan fingerprint density at radius 2 is 0.909 bits per heavy atom. The van der Waals surface area contributed by atoms with Crippen molar-refractivity contribution in [1.29, 1.82) is 0 Å². The van der Waals surface area contributed by atoms with Gasteiger partial charge in [0.05, 0.1) is 12.5 Å². The highest BCUT2D eigenvalue weighted by Crippen LogP contribution is 2.46. The fourth-order valence-electron chi connectivity index (χ4n) is 4.39. The first kappa shape index (κ1) is 22.3. The first-order valence-electron chi connectivity index (χ1n) is 11.0. The van der Waals surface area contributed by atoms with Gasteiger partial charge in [-0.3, -0.25) is 4.79 Å². The molecule has 0 saturated carbocycles. The highest BCUT2D eigenvalue weighted by molar-refractivity contribution is 5.69. The van der Waals surface area contributed by atoms with Crippen molar-refractivity contribution in [3.05, 3.63) is 130 Å². The summed E-state index contributed by atoms with van der Waals surface area (Å²) in [6.07, 6.45) is 0. The number of carbonyl (C=O) groups excluding carboxylic acids is 1. The minimum atomic E-state index is -0.567. The third-order valence-corrected chi connectivity index (χ3v) is 6.04. The van der Waals surface area contributed by atoms with Crippen molar-refractivity contribution in [3.63, 3.8) is 0 Å². The van der Waals surface area contributed by atoms with Crippen molar-refractivity contribution in [1.82, 2.24) is 0 Å². The number of rotatable bonds is 6. The zero-order chi connectivity index (χ0) is 23.4. The average Bonchev–Trinajstić information content (AvgIpc) is 2.82. The molecule has 0 spiro atoms. The van der Waals surface area contributed by atoms with Crippen molar-refractivity contribution < 1.29 is 14.3 Å². The van der Waals surface area contributed by atoms with E-state index >= 15 is 0 Å². The quantitative estimate of drug-likeness (QED) is 0.194. The summed E-state index contributed by atoms with van der Waals surface area (Å²) in [5.41, 5.74) is 6.35. The Balaban J connectivity index is 2.03. The van der Waals surface area contributed by atoms with Gasteiger partial charge in [0.1, 0.15) is 11.5 Å². The van der Waals surface area contributed by atoms with E-state index in [9.17, 15) is 4.79 Å². The van der Waals surface area contributed by atoms with Gasteiger partial charge in [-0.15, -0.1) is 0 Å². The molecule has 3 heteroatoms. The lowest BCUT2D eigenvalue weighted by Crippen LogP contribution is -2.31. The molecule has 0 fully saturated rings. The van der Waals surface area contributed by atoms with Crippen LogP contribution in [-0.2, 0) is 10.2 Å². The molecule has 0 atom stereocenters. The molecule has 0 N–H and O–H groups in total. The lowest BCUT2D eigenvalue weighted by molar-refractivity contribution is -0.131. The van der Waals surface area contributed by atoms with Gasteiger partial charge >= 0.3 is 5.97 Å². The number of esters is 1. The third-order valence-electron chi connectivity index (χ3n) is 6.04. The fourth-order valence-corrected chi connectivity index (χ4v) is 4.39. The molecule has 4 aromatic rings. The van der Waals surface area contributed by atoms with Crippen LogP contribution < -0.4 is 9.47 Å². The third kappa shape index (κ3) is 4.40. The van der Waals surface area contributed by atoms with E-state index in [-0.39, 0.29) is 5.97 Å². The molecule has 4 aromatic carbocycles. The monoisotopic (exact) mass is 436 g/mol. The van der Waals surface area contributed by atoms with Crippen LogP contribution in [-0.4, -0.2) is 13.1 Å². The Hall–Kier alpha value is -3.85. The number of benzene rings is 4. The number of carbonyl (C=O) groups is 1. The molecule has 166 valence electrons. The predicted molar refractivity (Wildman–Crippen MR) is 132 cm³/mol. The molecule has 0 aliphatic carbocycles. The summed E-state index contributed by atoms with van der Waals surface area (Å²) in [5, 5.41) is 0. The Labute approximate surface area is 195 Å². The van der Waals surface area contributed by atoms with Crippen molar-refractivity contribution in [2.45, 2.75) is 26.2 Å². The molecule has 0 bridgehead atoms. The summed E-state index contributed by atoms with van der Waals surface area (Å²) >= 11 is 0. The number of aryl methyl sites for hydroxylation is 2. The van der Waals surface area contributed by atoms with Crippen LogP contribution in [0.4, 0.5) is 0 Å². The highest BCUT2D eigenvalue weighted by atomic mass is 16.5. The maximum absolute atomic E-state index is 11.4. The summed E-state index contributed by atoms with van der Waals surface area (Å²) in [6.45, 7) is 5.60. The van der Waals surface area contributed by atoms with Crippen LogP contribution in [0.15, 0.2) is 97.1 Å². The van der Waals surface area contributed by atoms with E-state index in [1.807, 2.05) is 36.4 Å². The summed E-state index contributed by atoms with van der Waals surface area (Å²) in [7, 11) is 1.68. The zero-order valence-corrected chi connectivity index (χ0v) is 19.5. The molecule has 0 aliphatic rings. The maximum Gasteiger partial charge on any atom is 0.308 e. The Morgan fingerprint density at radius 1 is 0.576 bits per heavy atom. The average molecular weight is 437 g/mol. The number of ether oxygens (including phenoxy) is 2. The zero-order valence-electron chi connectivity index (χ0n) is 19.5. The van der Waals surface area contributed by atoms with Gasteiger partial charge in [-0.25, -0.2) is 0 Å². The summed E-state index contributed by atoms with van der Waals surface area (Å²) in [5.74, 6) is 1.01. The lowest BCUT2D eigenvalue weighted by atomic mass is 9.65. The van der Waals surface area contributed by atoms with Gasteiger partial charge in [0.2, 0.25) is 0 Å². The molecule has 0 amide bonds. The van der Waals surface area contributed by atoms with Gasteiger partial charge in [-0.2, -0.15) is 0 Å². The van der Waals surface area contributed by atoms with Crippen molar-refractivity contribution in [3.8, 4) is 11.5 Å². The second kappa shape index (κ2) is 9.33. The molecule has 0 saturated heterocycles. The molecule has 0 heterocycles. The van der Waals surface area contributed by atoms with Crippen LogP contribution in [0.1, 0.15) is 40.3 Å². The van der Waals surface area contributed by atoms with E-state index in [4.69, 9.17) is 9.47 Å². The second-order valence-corrected chi connectivity index (χ2v) is 8.33. The van der Waals surface area contributed by atoms with Crippen molar-refractivity contribution in [2.24, 2.45) is 0 Å². The van der Waals surface area contributed by atoms with Crippen LogP contribution in [0.3, 0.4) is 0 Å². The molecule has 0 aliphatic heterocycles. The van der Waals surface area contributed by atoms with E-state index in [1.165, 1.54) is 18.1 Å². The van der Waals surface area contributed by atoms with Crippen molar-refractivity contribution >= 4 is 5.97 Å². The molecular weight excluding hydrogens is 408 g/mol. The number of methoxy groups -OCH3 is 1. The standard InChI is InChI=1S/C30H28O3/c1-21-5-9-24(10-6-21)30(25-11-7-22(2)8-12-25,26-13-17-28(32-4)18-14-26)27-15-19-29(20-16-27)33-23(3)31/h5-20H,1-4H3. The fraction of sp³-hybridized carbons (Fsp3) is 0.167. The van der Waals surface area contributed by atoms with E-state index in [1.54, 1.807) is 7.11 Å². The number of hydrogen-bond donors (Lipinski definition) is 0. The van der Waals surface area contributed by atoms with E-state index in [0.717, 1.165) is 28.0 Å². The summed E-state index contributed by atoms with van der Waals surface area (Å²) in [4.78, 5) is 11.4. The van der Waals surface area contributed by atoms with Crippen LogP contribution >= 0.6 is 0 Å². The minimum Gasteiger partial charge on any atom is -0.497 e. The molecule has 4 rings (SSSR count). The smallest absolute Gasteiger partial charge is 0.308 e. The largest absolute Gasteiger partial charge is 0.497 e. The minimum absolute atomic E-state index is 0.332. The van der Waals surface area contributed by atoms with E-state index in [2.05, 4.69) is 74.5 Å². The molecule has 33 heavy (non-hydrogen) atoms. The van der Waals surface area contributed by atoms with Gasteiger partial charge < -0.3 is 9.47 Å². The second-order valence-electron chi connectivity index (χ2n) is 8.33. The van der Waals surface area contributed by atoms with E-state index < -0.39 is 5.41 Å². The van der Waals surface area contributed by atoms with Crippen LogP contribution in [0, 0.1) is 13.8 Å². The van der Waals surface area contributed by atoms with E-state index in [0.29, 0.717) is 5.75 Å². The first-order chi connectivity index (χ1) is 15.9. The normalized spacial score (nSPS) is 11.2. The van der Waals surface area contributed by atoms with Crippen LogP contribution in [0.2, 0.25) is 0 Å². The van der Waals surface area contributed by atoms with Gasteiger partial charge in [-0.1, -0.05) is 83.9 Å². The van der Waals surface area contributed by atoms with Crippen molar-refractivity contribution in [2.75, 3.05) is 7.11 Å². The highest BCUT2D eigenvalue weighted by Gasteiger charge is 2.38. The Morgan fingerprint density at radius 3 is 1.24 bits per heavy atom. The Kier molecular flexibility index (Phi) is 6.32. The molecule has 0 radical (unpaired) electrons. The Bertz CT molecular complexity index is 1170. The maximum atomic E-state index is 11.4. The van der Waals surface area contributed by atoms with Crippen LogP contribution in [0.25, 0.3) is 0 Å². The summed E-state index contributed by atoms with van der Waals surface area (Å²) < 4.78 is 10.7. The first-order valence-corrected chi connectivity index (χ1v) is 11.0. The van der Waals surface area contributed by atoms with Gasteiger partial charge in [0, 0.05) is 6.92 Å². The SMILES string of the molecule is COc1ccc(C(c2ccc(C)cc2)(c2ccc(C)cc2)c2ccc(OC(C)=O)cc2)cc1. The topological polar surface area (TPSA) is 35.5 Å². The van der Waals surface area contributed by atoms with Gasteiger partial charge in [0.25, 0.3) is 0 Å². The lowest BCUT2D eigenvalue weighted by Gasteiger charge is -2.37. The molecule has 3 nitrogen and oxygen atoms in total.